The molecule has 1 heterocycles. The Hall–Kier alpha value is -1.62. The maximum atomic E-state index is 11.1. The van der Waals surface area contributed by atoms with Gasteiger partial charge in [0, 0.05) is 25.8 Å². The van der Waals surface area contributed by atoms with E-state index in [-0.39, 0.29) is 18.9 Å². The lowest BCUT2D eigenvalue weighted by Gasteiger charge is -2.05. The summed E-state index contributed by atoms with van der Waals surface area (Å²) in [6.07, 6.45) is 2.45. The summed E-state index contributed by atoms with van der Waals surface area (Å²) < 4.78 is 5.31. The van der Waals surface area contributed by atoms with Crippen LogP contribution in [0.15, 0.2) is 18.3 Å². The molecule has 5 nitrogen and oxygen atoms in total. The van der Waals surface area contributed by atoms with Crippen molar-refractivity contribution in [1.82, 2.24) is 10.3 Å². The van der Waals surface area contributed by atoms with Crippen molar-refractivity contribution in [3.63, 3.8) is 0 Å². The van der Waals surface area contributed by atoms with Crippen molar-refractivity contribution in [2.24, 2.45) is 0 Å². The predicted octanol–water partition coefficient (Wildman–Crippen LogP) is 0.131. The van der Waals surface area contributed by atoms with Crippen molar-refractivity contribution in [3.8, 4) is 5.75 Å². The molecule has 16 heavy (non-hydrogen) atoms. The van der Waals surface area contributed by atoms with E-state index in [1.165, 1.54) is 0 Å². The lowest BCUT2D eigenvalue weighted by Crippen LogP contribution is -2.20. The van der Waals surface area contributed by atoms with Crippen LogP contribution >= 0.6 is 0 Å². The van der Waals surface area contributed by atoms with E-state index in [1.807, 2.05) is 0 Å². The van der Waals surface area contributed by atoms with Gasteiger partial charge in [-0.3, -0.25) is 9.78 Å². The summed E-state index contributed by atoms with van der Waals surface area (Å²) in [6, 6.07) is 3.52. The fourth-order valence-electron chi connectivity index (χ4n) is 1.11. The number of hydrogen-bond donors (Lipinski definition) is 2. The third kappa shape index (κ3) is 4.27. The van der Waals surface area contributed by atoms with Gasteiger partial charge in [-0.25, -0.2) is 0 Å². The topological polar surface area (TPSA) is 71.5 Å². The van der Waals surface area contributed by atoms with Gasteiger partial charge in [0.2, 0.25) is 5.91 Å². The van der Waals surface area contributed by atoms with E-state index >= 15 is 0 Å². The second-order valence-corrected chi connectivity index (χ2v) is 3.26. The van der Waals surface area contributed by atoms with E-state index in [2.05, 4.69) is 10.3 Å². The Balaban J connectivity index is 2.44. The molecule has 0 aliphatic rings. The molecule has 0 saturated heterocycles. The van der Waals surface area contributed by atoms with Crippen molar-refractivity contribution < 1.29 is 14.6 Å². The fourth-order valence-corrected chi connectivity index (χ4v) is 1.11. The van der Waals surface area contributed by atoms with Gasteiger partial charge in [0.25, 0.3) is 0 Å². The number of carbonyl (C=O) groups is 1. The number of pyridine rings is 1. The van der Waals surface area contributed by atoms with Gasteiger partial charge in [0.1, 0.15) is 5.75 Å². The molecule has 1 rings (SSSR count). The SMILES string of the molecule is CNC(=O)Cc1ccc(OCCCO)cn1. The molecule has 0 aromatic carbocycles. The van der Waals surface area contributed by atoms with Crippen molar-refractivity contribution >= 4 is 5.91 Å². The molecule has 0 fully saturated rings. The predicted molar refractivity (Wildman–Crippen MR) is 59.2 cm³/mol. The molecule has 5 heteroatoms. The first-order chi connectivity index (χ1) is 7.76. The lowest BCUT2D eigenvalue weighted by atomic mass is 10.2. The molecule has 0 radical (unpaired) electrons. The van der Waals surface area contributed by atoms with Crippen LogP contribution < -0.4 is 10.1 Å². The summed E-state index contributed by atoms with van der Waals surface area (Å²) >= 11 is 0. The Kier molecular flexibility index (Phi) is 5.28. The highest BCUT2D eigenvalue weighted by molar-refractivity contribution is 5.77. The largest absolute Gasteiger partial charge is 0.492 e. The summed E-state index contributed by atoms with van der Waals surface area (Å²) in [4.78, 5) is 15.2. The first-order valence-corrected chi connectivity index (χ1v) is 5.15. The second-order valence-electron chi connectivity index (χ2n) is 3.26. The zero-order valence-electron chi connectivity index (χ0n) is 9.27. The summed E-state index contributed by atoms with van der Waals surface area (Å²) in [5.41, 5.74) is 0.703. The summed E-state index contributed by atoms with van der Waals surface area (Å²) in [5, 5.41) is 11.1. The first-order valence-electron chi connectivity index (χ1n) is 5.15. The zero-order chi connectivity index (χ0) is 11.8. The van der Waals surface area contributed by atoms with Gasteiger partial charge in [0.15, 0.2) is 0 Å². The number of carbonyl (C=O) groups excluding carboxylic acids is 1. The van der Waals surface area contributed by atoms with Gasteiger partial charge in [-0.2, -0.15) is 0 Å². The Bertz CT molecular complexity index is 325. The molecule has 88 valence electrons. The van der Waals surface area contributed by atoms with E-state index in [0.717, 1.165) is 0 Å². The number of hydrogen-bond acceptors (Lipinski definition) is 4. The maximum absolute atomic E-state index is 11.1. The van der Waals surface area contributed by atoms with Crippen LogP contribution in [0.4, 0.5) is 0 Å². The maximum Gasteiger partial charge on any atom is 0.225 e. The van der Waals surface area contributed by atoms with E-state index in [1.54, 1.807) is 25.4 Å². The molecule has 0 unspecified atom stereocenters. The van der Waals surface area contributed by atoms with Gasteiger partial charge >= 0.3 is 0 Å². The molecule has 0 aliphatic heterocycles. The third-order valence-corrected chi connectivity index (χ3v) is 1.99. The van der Waals surface area contributed by atoms with Gasteiger partial charge in [-0.1, -0.05) is 0 Å². The molecular formula is C11H16N2O3. The molecular weight excluding hydrogens is 208 g/mol. The molecule has 0 aliphatic carbocycles. The Morgan fingerprint density at radius 1 is 1.56 bits per heavy atom. The average molecular weight is 224 g/mol. The molecule has 0 bridgehead atoms. The highest BCUT2D eigenvalue weighted by atomic mass is 16.5. The van der Waals surface area contributed by atoms with E-state index in [4.69, 9.17) is 9.84 Å². The van der Waals surface area contributed by atoms with Crippen LogP contribution in [0.3, 0.4) is 0 Å². The Labute approximate surface area is 94.5 Å². The van der Waals surface area contributed by atoms with Gasteiger partial charge < -0.3 is 15.2 Å². The highest BCUT2D eigenvalue weighted by Gasteiger charge is 2.02. The van der Waals surface area contributed by atoms with E-state index in [0.29, 0.717) is 24.5 Å². The fraction of sp³-hybridized carbons (Fsp3) is 0.455. The van der Waals surface area contributed by atoms with Crippen molar-refractivity contribution in [1.29, 1.82) is 0 Å². The normalized spacial score (nSPS) is 9.88. The van der Waals surface area contributed by atoms with E-state index < -0.39 is 0 Å². The van der Waals surface area contributed by atoms with Crippen LogP contribution in [-0.2, 0) is 11.2 Å². The van der Waals surface area contributed by atoms with Crippen LogP contribution in [0, 0.1) is 0 Å². The smallest absolute Gasteiger partial charge is 0.225 e. The van der Waals surface area contributed by atoms with Crippen LogP contribution in [0.1, 0.15) is 12.1 Å². The number of likely N-dealkylation sites (N-methyl/N-ethyl adjacent to an activating group) is 1. The Morgan fingerprint density at radius 3 is 2.94 bits per heavy atom. The quantitative estimate of drug-likeness (QED) is 0.674. The number of ether oxygens (including phenoxy) is 1. The summed E-state index contributed by atoms with van der Waals surface area (Å²) in [7, 11) is 1.59. The zero-order valence-corrected chi connectivity index (χ0v) is 9.27. The number of aliphatic hydroxyl groups is 1. The number of rotatable bonds is 6. The monoisotopic (exact) mass is 224 g/mol. The van der Waals surface area contributed by atoms with Gasteiger partial charge in [-0.15, -0.1) is 0 Å². The van der Waals surface area contributed by atoms with Gasteiger partial charge in [-0.05, 0) is 12.1 Å². The minimum Gasteiger partial charge on any atom is -0.492 e. The molecule has 1 amide bonds. The van der Waals surface area contributed by atoms with Crippen molar-refractivity contribution in [2.75, 3.05) is 20.3 Å². The lowest BCUT2D eigenvalue weighted by molar-refractivity contribution is -0.120. The minimum atomic E-state index is -0.0681. The number of nitrogens with zero attached hydrogens (tertiary/aromatic N) is 1. The average Bonchev–Trinajstić information content (AvgIpc) is 2.31. The van der Waals surface area contributed by atoms with Crippen molar-refractivity contribution in [3.05, 3.63) is 24.0 Å². The van der Waals surface area contributed by atoms with Crippen LogP contribution in [0.5, 0.6) is 5.75 Å². The molecule has 0 atom stereocenters. The number of nitrogens with one attached hydrogen (secondary N) is 1. The molecule has 0 spiro atoms. The number of amides is 1. The first kappa shape index (κ1) is 12.4. The Morgan fingerprint density at radius 2 is 2.38 bits per heavy atom. The van der Waals surface area contributed by atoms with Crippen molar-refractivity contribution in [2.45, 2.75) is 12.8 Å². The number of aromatic nitrogens is 1. The van der Waals surface area contributed by atoms with Crippen LogP contribution in [-0.4, -0.2) is 36.3 Å². The number of aliphatic hydroxyl groups excluding tert-OH is 1. The third-order valence-electron chi connectivity index (χ3n) is 1.99. The summed E-state index contributed by atoms with van der Waals surface area (Å²) in [5.74, 6) is 0.579. The molecule has 0 saturated carbocycles. The molecule has 1 aromatic heterocycles. The summed E-state index contributed by atoms with van der Waals surface area (Å²) in [6.45, 7) is 0.579. The van der Waals surface area contributed by atoms with Crippen LogP contribution in [0.25, 0.3) is 0 Å². The standard InChI is InChI=1S/C11H16N2O3/c1-12-11(15)7-9-3-4-10(8-13-9)16-6-2-5-14/h3-4,8,14H,2,5-7H2,1H3,(H,12,15). The second kappa shape index (κ2) is 6.79. The molecule has 1 aromatic rings. The van der Waals surface area contributed by atoms with Crippen LogP contribution in [0.2, 0.25) is 0 Å². The minimum absolute atomic E-state index is 0.0681. The molecule has 2 N–H and O–H groups in total. The van der Waals surface area contributed by atoms with E-state index in [9.17, 15) is 4.79 Å². The highest BCUT2D eigenvalue weighted by Crippen LogP contribution is 2.09. The van der Waals surface area contributed by atoms with Gasteiger partial charge in [0.05, 0.1) is 19.2 Å².